The minimum Gasteiger partial charge on any atom is -0.489 e. The third kappa shape index (κ3) is 2.40. The molecule has 3 rings (SSSR count). The van der Waals surface area contributed by atoms with E-state index in [1.807, 2.05) is 18.2 Å². The lowest BCUT2D eigenvalue weighted by molar-refractivity contribution is 0.306. The normalized spacial score (nSPS) is 10.8. The summed E-state index contributed by atoms with van der Waals surface area (Å²) >= 11 is 0. The van der Waals surface area contributed by atoms with Crippen molar-refractivity contribution in [3.63, 3.8) is 0 Å². The molecule has 0 spiro atoms. The monoisotopic (exact) mass is 252 g/mol. The summed E-state index contributed by atoms with van der Waals surface area (Å²) in [5.74, 6) is 0.833. The number of aromatic amines is 1. The Bertz CT molecular complexity index is 698. The van der Waals surface area contributed by atoms with E-state index in [1.54, 1.807) is 6.20 Å². The zero-order valence-electron chi connectivity index (χ0n) is 10.8. The number of hydrogen-bond acceptors (Lipinski definition) is 2. The number of rotatable bonds is 3. The number of fused-ring (bicyclic) bond motifs is 1. The quantitative estimate of drug-likeness (QED) is 0.747. The number of H-pyrrole nitrogens is 1. The van der Waals surface area contributed by atoms with E-state index in [0.717, 1.165) is 27.9 Å². The number of benzene rings is 2. The summed E-state index contributed by atoms with van der Waals surface area (Å²) in [6.45, 7) is 2.64. The Hall–Kier alpha value is -2.42. The molecule has 0 amide bonds. The predicted molar refractivity (Wildman–Crippen MR) is 78.2 cm³/mol. The van der Waals surface area contributed by atoms with Crippen molar-refractivity contribution >= 4 is 16.6 Å². The van der Waals surface area contributed by atoms with E-state index in [0.29, 0.717) is 6.61 Å². The zero-order valence-corrected chi connectivity index (χ0v) is 10.8. The molecule has 2 aromatic carbocycles. The largest absolute Gasteiger partial charge is 0.489 e. The Labute approximate surface area is 112 Å². The fraction of sp³-hybridized carbons (Fsp3) is 0.125. The summed E-state index contributed by atoms with van der Waals surface area (Å²) in [5.41, 5.74) is 10.1. The molecule has 3 nitrogen and oxygen atoms in total. The SMILES string of the molecule is Cc1ccc(COc2ccc3[nH]cc(N)c3c2)cc1. The van der Waals surface area contributed by atoms with Crippen LogP contribution >= 0.6 is 0 Å². The number of aryl methyl sites for hydroxylation is 1. The molecule has 19 heavy (non-hydrogen) atoms. The topological polar surface area (TPSA) is 51.0 Å². The van der Waals surface area contributed by atoms with E-state index < -0.39 is 0 Å². The third-order valence-corrected chi connectivity index (χ3v) is 3.21. The average Bonchev–Trinajstić information content (AvgIpc) is 2.80. The Kier molecular flexibility index (Phi) is 2.88. The fourth-order valence-corrected chi connectivity index (χ4v) is 2.06. The van der Waals surface area contributed by atoms with E-state index in [1.165, 1.54) is 5.56 Å². The molecule has 0 aliphatic carbocycles. The maximum Gasteiger partial charge on any atom is 0.120 e. The summed E-state index contributed by atoms with van der Waals surface area (Å²) < 4.78 is 5.79. The second-order valence-electron chi connectivity index (χ2n) is 4.73. The first-order chi connectivity index (χ1) is 9.22. The molecule has 1 heterocycles. The smallest absolute Gasteiger partial charge is 0.120 e. The van der Waals surface area contributed by atoms with Crippen LogP contribution in [0.25, 0.3) is 10.9 Å². The molecule has 0 bridgehead atoms. The molecule has 3 heteroatoms. The number of ether oxygens (including phenoxy) is 1. The van der Waals surface area contributed by atoms with Gasteiger partial charge in [-0.2, -0.15) is 0 Å². The molecule has 0 fully saturated rings. The van der Waals surface area contributed by atoms with Gasteiger partial charge in [-0.1, -0.05) is 29.8 Å². The van der Waals surface area contributed by atoms with Gasteiger partial charge in [-0.3, -0.25) is 0 Å². The minimum atomic E-state index is 0.566. The van der Waals surface area contributed by atoms with Gasteiger partial charge in [-0.15, -0.1) is 0 Å². The van der Waals surface area contributed by atoms with E-state index in [9.17, 15) is 0 Å². The van der Waals surface area contributed by atoms with Gasteiger partial charge in [0.1, 0.15) is 12.4 Å². The molecule has 0 unspecified atom stereocenters. The molecule has 0 radical (unpaired) electrons. The Morgan fingerprint density at radius 3 is 2.68 bits per heavy atom. The van der Waals surface area contributed by atoms with Crippen molar-refractivity contribution in [1.29, 1.82) is 0 Å². The maximum atomic E-state index is 5.88. The Morgan fingerprint density at radius 1 is 1.11 bits per heavy atom. The van der Waals surface area contributed by atoms with Crippen molar-refractivity contribution in [3.8, 4) is 5.75 Å². The van der Waals surface area contributed by atoms with Crippen molar-refractivity contribution < 1.29 is 4.74 Å². The van der Waals surface area contributed by atoms with Gasteiger partial charge < -0.3 is 15.5 Å². The molecule has 96 valence electrons. The van der Waals surface area contributed by atoms with Crippen molar-refractivity contribution in [1.82, 2.24) is 4.98 Å². The summed E-state index contributed by atoms with van der Waals surface area (Å²) in [6, 6.07) is 14.2. The molecular formula is C16H16N2O. The van der Waals surface area contributed by atoms with Crippen LogP contribution in [-0.2, 0) is 6.61 Å². The molecule has 0 atom stereocenters. The van der Waals surface area contributed by atoms with Gasteiger partial charge >= 0.3 is 0 Å². The zero-order chi connectivity index (χ0) is 13.2. The van der Waals surface area contributed by atoms with Gasteiger partial charge in [-0.05, 0) is 30.7 Å². The highest BCUT2D eigenvalue weighted by atomic mass is 16.5. The van der Waals surface area contributed by atoms with Crippen molar-refractivity contribution in [2.24, 2.45) is 0 Å². The number of nitrogens with one attached hydrogen (secondary N) is 1. The van der Waals surface area contributed by atoms with E-state index >= 15 is 0 Å². The van der Waals surface area contributed by atoms with Crippen LogP contribution in [0.5, 0.6) is 5.75 Å². The Balaban J connectivity index is 1.77. The lowest BCUT2D eigenvalue weighted by Gasteiger charge is -2.07. The van der Waals surface area contributed by atoms with Crippen molar-refractivity contribution in [2.45, 2.75) is 13.5 Å². The van der Waals surface area contributed by atoms with Crippen LogP contribution in [0.1, 0.15) is 11.1 Å². The highest BCUT2D eigenvalue weighted by molar-refractivity contribution is 5.92. The number of nitrogen functional groups attached to an aromatic ring is 1. The first kappa shape index (κ1) is 11.7. The van der Waals surface area contributed by atoms with Crippen LogP contribution in [0.15, 0.2) is 48.7 Å². The number of hydrogen-bond donors (Lipinski definition) is 2. The van der Waals surface area contributed by atoms with Gasteiger partial charge in [-0.25, -0.2) is 0 Å². The van der Waals surface area contributed by atoms with Crippen molar-refractivity contribution in [3.05, 3.63) is 59.8 Å². The summed E-state index contributed by atoms with van der Waals surface area (Å²) in [6.07, 6.45) is 1.80. The van der Waals surface area contributed by atoms with Gasteiger partial charge in [0.05, 0.1) is 5.69 Å². The predicted octanol–water partition coefficient (Wildman–Crippen LogP) is 3.64. The number of anilines is 1. The number of nitrogens with two attached hydrogens (primary N) is 1. The van der Waals surface area contributed by atoms with Gasteiger partial charge in [0.15, 0.2) is 0 Å². The summed E-state index contributed by atoms with van der Waals surface area (Å²) in [7, 11) is 0. The Morgan fingerprint density at radius 2 is 1.89 bits per heavy atom. The van der Waals surface area contributed by atoms with Crippen LogP contribution in [0.4, 0.5) is 5.69 Å². The van der Waals surface area contributed by atoms with Gasteiger partial charge in [0, 0.05) is 17.1 Å². The van der Waals surface area contributed by atoms with Gasteiger partial charge in [0.2, 0.25) is 0 Å². The van der Waals surface area contributed by atoms with E-state index in [-0.39, 0.29) is 0 Å². The lowest BCUT2D eigenvalue weighted by atomic mass is 10.2. The average molecular weight is 252 g/mol. The summed E-state index contributed by atoms with van der Waals surface area (Å²) in [5, 5.41) is 1.00. The second-order valence-corrected chi connectivity index (χ2v) is 4.73. The molecule has 0 saturated carbocycles. The minimum absolute atomic E-state index is 0.566. The lowest BCUT2D eigenvalue weighted by Crippen LogP contribution is -1.95. The van der Waals surface area contributed by atoms with Crippen LogP contribution in [0.2, 0.25) is 0 Å². The fourth-order valence-electron chi connectivity index (χ4n) is 2.06. The van der Waals surface area contributed by atoms with Crippen LogP contribution in [0, 0.1) is 6.92 Å². The van der Waals surface area contributed by atoms with E-state index in [4.69, 9.17) is 10.5 Å². The van der Waals surface area contributed by atoms with Gasteiger partial charge in [0.25, 0.3) is 0 Å². The highest BCUT2D eigenvalue weighted by Gasteiger charge is 2.02. The van der Waals surface area contributed by atoms with Crippen LogP contribution in [0.3, 0.4) is 0 Å². The molecule has 3 aromatic rings. The molecular weight excluding hydrogens is 236 g/mol. The first-order valence-corrected chi connectivity index (χ1v) is 6.27. The van der Waals surface area contributed by atoms with Crippen molar-refractivity contribution in [2.75, 3.05) is 5.73 Å². The highest BCUT2D eigenvalue weighted by Crippen LogP contribution is 2.25. The second kappa shape index (κ2) is 4.69. The standard InChI is InChI=1S/C16H16N2O/c1-11-2-4-12(5-3-11)10-19-13-6-7-16-14(8-13)15(17)9-18-16/h2-9,18H,10,17H2,1H3. The van der Waals surface area contributed by atoms with Crippen LogP contribution in [-0.4, -0.2) is 4.98 Å². The molecule has 1 aromatic heterocycles. The molecule has 0 aliphatic rings. The molecule has 3 N–H and O–H groups in total. The number of aromatic nitrogens is 1. The molecule has 0 saturated heterocycles. The first-order valence-electron chi connectivity index (χ1n) is 6.27. The maximum absolute atomic E-state index is 5.88. The van der Waals surface area contributed by atoms with E-state index in [2.05, 4.69) is 36.2 Å². The summed E-state index contributed by atoms with van der Waals surface area (Å²) in [4.78, 5) is 3.11. The van der Waals surface area contributed by atoms with Crippen LogP contribution < -0.4 is 10.5 Å². The molecule has 0 aliphatic heterocycles. The third-order valence-electron chi connectivity index (χ3n) is 3.21.